The summed E-state index contributed by atoms with van der Waals surface area (Å²) >= 11 is 0. The molecule has 0 bridgehead atoms. The minimum Gasteiger partial charge on any atom is -0.481 e. The van der Waals surface area contributed by atoms with Crippen LogP contribution in [0.5, 0.6) is 0 Å². The summed E-state index contributed by atoms with van der Waals surface area (Å²) in [6.45, 7) is 4.05. The molecule has 1 aromatic heterocycles. The maximum atomic E-state index is 11.2. The lowest BCUT2D eigenvalue weighted by atomic mass is 10.0. The van der Waals surface area contributed by atoms with Gasteiger partial charge in [0.15, 0.2) is 0 Å². The summed E-state index contributed by atoms with van der Waals surface area (Å²) in [5.41, 5.74) is 2.07. The second-order valence-corrected chi connectivity index (χ2v) is 5.44. The molecule has 1 fully saturated rings. The van der Waals surface area contributed by atoms with Gasteiger partial charge < -0.3 is 10.1 Å². The number of rotatable bonds is 2. The highest BCUT2D eigenvalue weighted by Crippen LogP contribution is 2.64. The Morgan fingerprint density at radius 3 is 2.76 bits per heavy atom. The van der Waals surface area contributed by atoms with E-state index < -0.39 is 5.97 Å². The molecule has 0 saturated heterocycles. The Balaban J connectivity index is 2.02. The Morgan fingerprint density at radius 1 is 1.35 bits per heavy atom. The van der Waals surface area contributed by atoms with Gasteiger partial charge in [0, 0.05) is 17.6 Å². The first-order valence-corrected chi connectivity index (χ1v) is 5.81. The van der Waals surface area contributed by atoms with Crippen molar-refractivity contribution in [1.82, 2.24) is 4.98 Å². The van der Waals surface area contributed by atoms with Crippen LogP contribution in [0.3, 0.4) is 0 Å². The minimum absolute atomic E-state index is 0.132. The van der Waals surface area contributed by atoms with Gasteiger partial charge in [0.25, 0.3) is 0 Å². The van der Waals surface area contributed by atoms with Crippen molar-refractivity contribution in [2.75, 3.05) is 0 Å². The Kier molecular flexibility index (Phi) is 1.91. The molecule has 1 saturated carbocycles. The molecule has 1 aliphatic carbocycles. The van der Waals surface area contributed by atoms with E-state index >= 15 is 0 Å². The molecule has 0 aliphatic heterocycles. The van der Waals surface area contributed by atoms with Gasteiger partial charge in [-0.2, -0.15) is 0 Å². The smallest absolute Gasteiger partial charge is 0.307 e. The number of aromatic nitrogens is 1. The first-order chi connectivity index (χ1) is 8.01. The van der Waals surface area contributed by atoms with Gasteiger partial charge in [0.1, 0.15) is 0 Å². The summed E-state index contributed by atoms with van der Waals surface area (Å²) in [5, 5.41) is 10.4. The number of aromatic amines is 1. The third kappa shape index (κ3) is 1.38. The van der Waals surface area contributed by atoms with Crippen molar-refractivity contribution in [3.05, 3.63) is 36.0 Å². The van der Waals surface area contributed by atoms with E-state index in [1.165, 1.54) is 5.39 Å². The molecule has 88 valence electrons. The van der Waals surface area contributed by atoms with Gasteiger partial charge in [-0.1, -0.05) is 26.0 Å². The van der Waals surface area contributed by atoms with E-state index in [2.05, 4.69) is 17.1 Å². The minimum atomic E-state index is -0.688. The van der Waals surface area contributed by atoms with Crippen LogP contribution < -0.4 is 0 Å². The second-order valence-electron chi connectivity index (χ2n) is 5.44. The van der Waals surface area contributed by atoms with Crippen molar-refractivity contribution < 1.29 is 9.90 Å². The van der Waals surface area contributed by atoms with E-state index in [9.17, 15) is 9.90 Å². The van der Waals surface area contributed by atoms with Crippen LogP contribution in [0, 0.1) is 11.3 Å². The highest BCUT2D eigenvalue weighted by atomic mass is 16.4. The SMILES string of the molecule is CC1(C)[C@H](C(=O)O)[C@H]1c1ccc2cc[nH]c2c1. The third-order valence-electron chi connectivity index (χ3n) is 4.03. The molecule has 0 radical (unpaired) electrons. The summed E-state index contributed by atoms with van der Waals surface area (Å²) in [4.78, 5) is 14.3. The first-order valence-electron chi connectivity index (χ1n) is 5.81. The number of nitrogens with one attached hydrogen (secondary N) is 1. The van der Waals surface area contributed by atoms with Crippen LogP contribution in [0.1, 0.15) is 25.3 Å². The normalized spacial score (nSPS) is 26.0. The molecule has 2 aromatic rings. The Labute approximate surface area is 99.5 Å². The fourth-order valence-corrected chi connectivity index (χ4v) is 2.98. The van der Waals surface area contributed by atoms with Crippen LogP contribution in [0.2, 0.25) is 0 Å². The van der Waals surface area contributed by atoms with Crippen molar-refractivity contribution in [1.29, 1.82) is 0 Å². The number of carbonyl (C=O) groups is 1. The number of benzene rings is 1. The molecule has 1 aliphatic rings. The van der Waals surface area contributed by atoms with Gasteiger partial charge in [0.2, 0.25) is 0 Å². The van der Waals surface area contributed by atoms with Crippen LogP contribution in [-0.2, 0) is 4.79 Å². The second kappa shape index (κ2) is 3.13. The maximum absolute atomic E-state index is 11.2. The van der Waals surface area contributed by atoms with Gasteiger partial charge in [-0.15, -0.1) is 0 Å². The van der Waals surface area contributed by atoms with Crippen molar-refractivity contribution in [2.45, 2.75) is 19.8 Å². The molecule has 1 aromatic carbocycles. The lowest BCUT2D eigenvalue weighted by Crippen LogP contribution is -2.03. The zero-order valence-electron chi connectivity index (χ0n) is 9.90. The summed E-state index contributed by atoms with van der Waals surface area (Å²) < 4.78 is 0. The molecule has 2 atom stereocenters. The van der Waals surface area contributed by atoms with Crippen LogP contribution in [-0.4, -0.2) is 16.1 Å². The molecular weight excluding hydrogens is 214 g/mol. The van der Waals surface area contributed by atoms with E-state index in [0.29, 0.717) is 0 Å². The monoisotopic (exact) mass is 229 g/mol. The van der Waals surface area contributed by atoms with Crippen molar-refractivity contribution >= 4 is 16.9 Å². The van der Waals surface area contributed by atoms with E-state index in [0.717, 1.165) is 11.1 Å². The summed E-state index contributed by atoms with van der Waals surface area (Å²) in [7, 11) is 0. The quantitative estimate of drug-likeness (QED) is 0.831. The topological polar surface area (TPSA) is 53.1 Å². The number of aliphatic carboxylic acids is 1. The maximum Gasteiger partial charge on any atom is 0.307 e. The van der Waals surface area contributed by atoms with Crippen LogP contribution in [0.15, 0.2) is 30.5 Å². The van der Waals surface area contributed by atoms with Gasteiger partial charge in [-0.3, -0.25) is 4.79 Å². The molecule has 1 heterocycles. The van der Waals surface area contributed by atoms with E-state index in [1.807, 2.05) is 32.2 Å². The third-order valence-corrected chi connectivity index (χ3v) is 4.03. The summed E-state index contributed by atoms with van der Waals surface area (Å²) in [6, 6.07) is 8.19. The van der Waals surface area contributed by atoms with Crippen molar-refractivity contribution in [3.8, 4) is 0 Å². The lowest BCUT2D eigenvalue weighted by Gasteiger charge is -2.02. The predicted molar refractivity (Wildman–Crippen MR) is 65.9 cm³/mol. The van der Waals surface area contributed by atoms with E-state index in [-0.39, 0.29) is 17.3 Å². The zero-order valence-corrected chi connectivity index (χ0v) is 9.90. The molecule has 3 rings (SSSR count). The van der Waals surface area contributed by atoms with Gasteiger partial charge in [0.05, 0.1) is 5.92 Å². The Morgan fingerprint density at radius 2 is 2.12 bits per heavy atom. The highest BCUT2D eigenvalue weighted by Gasteiger charge is 2.62. The Bertz CT molecular complexity index is 597. The largest absolute Gasteiger partial charge is 0.481 e. The number of carboxylic acids is 1. The van der Waals surface area contributed by atoms with Crippen LogP contribution >= 0.6 is 0 Å². The molecule has 3 heteroatoms. The fourth-order valence-electron chi connectivity index (χ4n) is 2.98. The number of H-pyrrole nitrogens is 1. The van der Waals surface area contributed by atoms with Crippen LogP contribution in [0.25, 0.3) is 10.9 Å². The fraction of sp³-hybridized carbons (Fsp3) is 0.357. The van der Waals surface area contributed by atoms with Gasteiger partial charge >= 0.3 is 5.97 Å². The standard InChI is InChI=1S/C14H15NO2/c1-14(2)11(12(14)13(16)17)9-4-3-8-5-6-15-10(8)7-9/h3-7,11-12,15H,1-2H3,(H,16,17)/t11-,12+/m1/s1. The molecular formula is C14H15NO2. The van der Waals surface area contributed by atoms with Crippen molar-refractivity contribution in [2.24, 2.45) is 11.3 Å². The van der Waals surface area contributed by atoms with Gasteiger partial charge in [-0.25, -0.2) is 0 Å². The molecule has 0 spiro atoms. The number of fused-ring (bicyclic) bond motifs is 1. The molecule has 3 nitrogen and oxygen atoms in total. The number of hydrogen-bond donors (Lipinski definition) is 2. The zero-order chi connectivity index (χ0) is 12.2. The predicted octanol–water partition coefficient (Wildman–Crippen LogP) is 2.99. The average Bonchev–Trinajstić information content (AvgIpc) is 2.66. The van der Waals surface area contributed by atoms with Gasteiger partial charge in [-0.05, 0) is 28.5 Å². The Hall–Kier alpha value is -1.77. The van der Waals surface area contributed by atoms with E-state index in [4.69, 9.17) is 0 Å². The van der Waals surface area contributed by atoms with Crippen LogP contribution in [0.4, 0.5) is 0 Å². The summed E-state index contributed by atoms with van der Waals surface area (Å²) in [5.74, 6) is -0.811. The van der Waals surface area contributed by atoms with E-state index in [1.54, 1.807) is 0 Å². The molecule has 0 amide bonds. The number of hydrogen-bond acceptors (Lipinski definition) is 1. The lowest BCUT2D eigenvalue weighted by molar-refractivity contribution is -0.139. The highest BCUT2D eigenvalue weighted by molar-refractivity contribution is 5.82. The average molecular weight is 229 g/mol. The molecule has 2 N–H and O–H groups in total. The first kappa shape index (κ1) is 10.4. The van der Waals surface area contributed by atoms with Crippen molar-refractivity contribution in [3.63, 3.8) is 0 Å². The molecule has 0 unspecified atom stereocenters. The molecule has 17 heavy (non-hydrogen) atoms. The summed E-state index contributed by atoms with van der Waals surface area (Å²) in [6.07, 6.45) is 1.90. The number of carboxylic acid groups (broad SMARTS) is 1.